The minimum absolute atomic E-state index is 0.206. The van der Waals surface area contributed by atoms with Crippen LogP contribution in [0.3, 0.4) is 0 Å². The molecule has 1 saturated heterocycles. The first kappa shape index (κ1) is 19.5. The Kier molecular flexibility index (Phi) is 5.42. The summed E-state index contributed by atoms with van der Waals surface area (Å²) in [5.74, 6) is 0.764. The van der Waals surface area contributed by atoms with Gasteiger partial charge in [-0.3, -0.25) is 9.88 Å². The molecule has 1 aliphatic carbocycles. The van der Waals surface area contributed by atoms with Crippen molar-refractivity contribution in [3.63, 3.8) is 0 Å². The number of hydrogen-bond donors (Lipinski definition) is 0. The van der Waals surface area contributed by atoms with E-state index >= 15 is 0 Å². The molecular formula is C24H31N5O. The van der Waals surface area contributed by atoms with Crippen LogP contribution in [0.5, 0.6) is 5.88 Å². The van der Waals surface area contributed by atoms with Gasteiger partial charge in [-0.05, 0) is 57.2 Å². The molecular weight excluding hydrogens is 374 g/mol. The lowest BCUT2D eigenvalue weighted by Crippen LogP contribution is -2.38. The van der Waals surface area contributed by atoms with E-state index < -0.39 is 0 Å². The number of hydrogen-bond acceptors (Lipinski definition) is 5. The summed E-state index contributed by atoms with van der Waals surface area (Å²) in [6.07, 6.45) is 10.9. The minimum atomic E-state index is 0.206. The number of pyridine rings is 1. The zero-order valence-corrected chi connectivity index (χ0v) is 18.0. The highest BCUT2D eigenvalue weighted by atomic mass is 16.5. The van der Waals surface area contributed by atoms with Crippen LogP contribution in [-0.2, 0) is 6.54 Å². The monoisotopic (exact) mass is 405 g/mol. The second-order valence-electron chi connectivity index (χ2n) is 8.81. The summed E-state index contributed by atoms with van der Waals surface area (Å²) in [6.45, 7) is 7.37. The molecule has 1 aliphatic heterocycles. The van der Waals surface area contributed by atoms with E-state index in [0.717, 1.165) is 55.1 Å². The molecule has 4 heterocycles. The maximum absolute atomic E-state index is 6.47. The van der Waals surface area contributed by atoms with Gasteiger partial charge in [0.15, 0.2) is 0 Å². The minimum Gasteiger partial charge on any atom is -0.474 e. The predicted octanol–water partition coefficient (Wildman–Crippen LogP) is 4.60. The summed E-state index contributed by atoms with van der Waals surface area (Å²) < 4.78 is 8.92. The van der Waals surface area contributed by atoms with Crippen LogP contribution in [0, 0.1) is 13.8 Å². The topological polar surface area (TPSA) is 56.1 Å². The molecule has 0 bridgehead atoms. The van der Waals surface area contributed by atoms with Gasteiger partial charge in [-0.2, -0.15) is 0 Å². The highest BCUT2D eigenvalue weighted by Gasteiger charge is 2.27. The molecule has 6 heteroatoms. The zero-order chi connectivity index (χ0) is 20.5. The third-order valence-corrected chi connectivity index (χ3v) is 6.91. The second-order valence-corrected chi connectivity index (χ2v) is 8.81. The maximum Gasteiger partial charge on any atom is 0.226 e. The van der Waals surface area contributed by atoms with Gasteiger partial charge in [0.25, 0.3) is 0 Å². The molecule has 2 fully saturated rings. The molecule has 0 amide bonds. The number of piperidine rings is 1. The number of fused-ring (bicyclic) bond motifs is 1. The molecule has 0 aromatic carbocycles. The fourth-order valence-corrected chi connectivity index (χ4v) is 5.15. The number of aryl methyl sites for hydroxylation is 1. The number of aromatic nitrogens is 4. The molecule has 6 nitrogen and oxygen atoms in total. The summed E-state index contributed by atoms with van der Waals surface area (Å²) >= 11 is 0. The van der Waals surface area contributed by atoms with Crippen LogP contribution in [-0.4, -0.2) is 43.6 Å². The van der Waals surface area contributed by atoms with Gasteiger partial charge in [-0.25, -0.2) is 9.97 Å². The third-order valence-electron chi connectivity index (χ3n) is 6.91. The van der Waals surface area contributed by atoms with Crippen molar-refractivity contribution in [2.75, 3.05) is 13.1 Å². The first-order valence-corrected chi connectivity index (χ1v) is 11.3. The van der Waals surface area contributed by atoms with E-state index in [1.807, 2.05) is 12.3 Å². The molecule has 5 rings (SSSR count). The Labute approximate surface area is 178 Å². The summed E-state index contributed by atoms with van der Waals surface area (Å²) in [6, 6.07) is 6.69. The Balaban J connectivity index is 1.31. The second kappa shape index (κ2) is 8.34. The Morgan fingerprint density at radius 3 is 2.53 bits per heavy atom. The van der Waals surface area contributed by atoms with Crippen molar-refractivity contribution in [2.45, 2.75) is 71.1 Å². The predicted molar refractivity (Wildman–Crippen MR) is 118 cm³/mol. The normalized spacial score (nSPS) is 19.0. The first-order valence-electron chi connectivity index (χ1n) is 11.3. The van der Waals surface area contributed by atoms with Gasteiger partial charge in [0.1, 0.15) is 18.1 Å². The first-order chi connectivity index (χ1) is 14.7. The van der Waals surface area contributed by atoms with Crippen molar-refractivity contribution in [2.24, 2.45) is 0 Å². The van der Waals surface area contributed by atoms with E-state index in [1.165, 1.54) is 36.9 Å². The van der Waals surface area contributed by atoms with Crippen LogP contribution in [0.15, 0.2) is 30.7 Å². The summed E-state index contributed by atoms with van der Waals surface area (Å²) in [5.41, 5.74) is 4.76. The molecule has 0 spiro atoms. The standard InChI is InChI=1S/C24H31N5O/c1-17-18(2)29(20-8-3-4-9-20)23-22(17)24(27-16-26-23)30-21-10-13-28(14-11-21)15-19-7-5-6-12-25-19/h5-7,12,16,20-21H,3-4,8-11,13-15H2,1-2H3. The molecule has 0 radical (unpaired) electrons. The summed E-state index contributed by atoms with van der Waals surface area (Å²) in [5, 5.41) is 1.11. The molecule has 3 aromatic rings. The Bertz CT molecular complexity index is 1000. The SMILES string of the molecule is Cc1c(C)n(C2CCCC2)c2ncnc(OC3CCN(Cc4ccccn4)CC3)c12. The molecule has 158 valence electrons. The summed E-state index contributed by atoms with van der Waals surface area (Å²) in [4.78, 5) is 16.2. The maximum atomic E-state index is 6.47. The van der Waals surface area contributed by atoms with Crippen LogP contribution in [0.1, 0.15) is 61.5 Å². The van der Waals surface area contributed by atoms with Crippen LogP contribution >= 0.6 is 0 Å². The molecule has 0 unspecified atom stereocenters. The molecule has 2 aliphatic rings. The average Bonchev–Trinajstić information content (AvgIpc) is 3.38. The van der Waals surface area contributed by atoms with E-state index in [0.29, 0.717) is 6.04 Å². The third kappa shape index (κ3) is 3.69. The lowest BCUT2D eigenvalue weighted by molar-refractivity contribution is 0.0938. The fraction of sp³-hybridized carbons (Fsp3) is 0.542. The van der Waals surface area contributed by atoms with Gasteiger partial charge in [-0.15, -0.1) is 0 Å². The highest BCUT2D eigenvalue weighted by molar-refractivity contribution is 5.86. The smallest absolute Gasteiger partial charge is 0.226 e. The largest absolute Gasteiger partial charge is 0.474 e. The number of nitrogens with zero attached hydrogens (tertiary/aromatic N) is 5. The summed E-state index contributed by atoms with van der Waals surface area (Å²) in [7, 11) is 0. The van der Waals surface area contributed by atoms with Gasteiger partial charge in [0.05, 0.1) is 11.1 Å². The van der Waals surface area contributed by atoms with Gasteiger partial charge in [0.2, 0.25) is 5.88 Å². The van der Waals surface area contributed by atoms with Gasteiger partial charge < -0.3 is 9.30 Å². The Morgan fingerprint density at radius 2 is 1.80 bits per heavy atom. The van der Waals surface area contributed by atoms with Crippen molar-refractivity contribution in [3.8, 4) is 5.88 Å². The van der Waals surface area contributed by atoms with Crippen molar-refractivity contribution in [1.82, 2.24) is 24.4 Å². The van der Waals surface area contributed by atoms with Crippen molar-refractivity contribution >= 4 is 11.0 Å². The highest BCUT2D eigenvalue weighted by Crippen LogP contribution is 2.38. The van der Waals surface area contributed by atoms with E-state index in [-0.39, 0.29) is 6.10 Å². The molecule has 3 aromatic heterocycles. The fourth-order valence-electron chi connectivity index (χ4n) is 5.15. The Morgan fingerprint density at radius 1 is 1.00 bits per heavy atom. The number of likely N-dealkylation sites (tertiary alicyclic amines) is 1. The van der Waals surface area contributed by atoms with E-state index in [2.05, 4.69) is 50.4 Å². The molecule has 0 N–H and O–H groups in total. The van der Waals surface area contributed by atoms with E-state index in [4.69, 9.17) is 4.74 Å². The van der Waals surface area contributed by atoms with E-state index in [1.54, 1.807) is 6.33 Å². The zero-order valence-electron chi connectivity index (χ0n) is 18.0. The lowest BCUT2D eigenvalue weighted by atomic mass is 10.1. The van der Waals surface area contributed by atoms with Crippen molar-refractivity contribution < 1.29 is 4.74 Å². The van der Waals surface area contributed by atoms with E-state index in [9.17, 15) is 0 Å². The van der Waals surface area contributed by atoms with Crippen LogP contribution < -0.4 is 4.74 Å². The van der Waals surface area contributed by atoms with Gasteiger partial charge in [0, 0.05) is 37.6 Å². The van der Waals surface area contributed by atoms with Gasteiger partial charge >= 0.3 is 0 Å². The van der Waals surface area contributed by atoms with Crippen LogP contribution in [0.4, 0.5) is 0 Å². The molecule has 1 saturated carbocycles. The molecule has 0 atom stereocenters. The van der Waals surface area contributed by atoms with Crippen LogP contribution in [0.25, 0.3) is 11.0 Å². The quantitative estimate of drug-likeness (QED) is 0.621. The van der Waals surface area contributed by atoms with Crippen LogP contribution in [0.2, 0.25) is 0 Å². The van der Waals surface area contributed by atoms with Crippen molar-refractivity contribution in [3.05, 3.63) is 47.7 Å². The molecule has 30 heavy (non-hydrogen) atoms. The van der Waals surface area contributed by atoms with Crippen molar-refractivity contribution in [1.29, 1.82) is 0 Å². The Hall–Kier alpha value is -2.47. The van der Waals surface area contributed by atoms with Gasteiger partial charge in [-0.1, -0.05) is 18.9 Å². The lowest BCUT2D eigenvalue weighted by Gasteiger charge is -2.31. The number of rotatable bonds is 5. The number of ether oxygens (including phenoxy) is 1. The average molecular weight is 406 g/mol.